The van der Waals surface area contributed by atoms with Gasteiger partial charge in [0, 0.05) is 12.1 Å². The standard InChI is InChI=1S/C19H30N2O2.ClH/c1-5-21(6-2)16-12-7-8-13-17(16)23-19(22)20-18-14(3)10-9-11-15(18)4;/h9-11,16-17H,5-8,12-13H2,1-4H3,(H,20,22);1H. The number of ether oxygens (including phenoxy) is 1. The predicted octanol–water partition coefficient (Wildman–Crippen LogP) is 0.0918. The van der Waals surface area contributed by atoms with Gasteiger partial charge in [0.2, 0.25) is 0 Å². The van der Waals surface area contributed by atoms with Crippen LogP contribution < -0.4 is 22.6 Å². The van der Waals surface area contributed by atoms with Crippen molar-refractivity contribution < 1.29 is 26.8 Å². The Balaban J connectivity index is 0.00000288. The molecular weight excluding hydrogens is 324 g/mol. The van der Waals surface area contributed by atoms with Gasteiger partial charge in [0.1, 0.15) is 6.04 Å². The fraction of sp³-hybridized carbons (Fsp3) is 0.632. The Kier molecular flexibility index (Phi) is 8.57. The monoisotopic (exact) mass is 354 g/mol. The number of aryl methyl sites for hydroxylation is 2. The Labute approximate surface area is 152 Å². The molecule has 4 nitrogen and oxygen atoms in total. The number of quaternary nitrogens is 1. The quantitative estimate of drug-likeness (QED) is 0.787. The Morgan fingerprint density at radius 2 is 1.75 bits per heavy atom. The smallest absolute Gasteiger partial charge is 0.412 e. The van der Waals surface area contributed by atoms with Gasteiger partial charge >= 0.3 is 6.09 Å². The van der Waals surface area contributed by atoms with Gasteiger partial charge in [0.25, 0.3) is 0 Å². The predicted molar refractivity (Wildman–Crippen MR) is 94.1 cm³/mol. The summed E-state index contributed by atoms with van der Waals surface area (Å²) in [5, 5.41) is 2.95. The van der Waals surface area contributed by atoms with Crippen LogP contribution in [0.3, 0.4) is 0 Å². The van der Waals surface area contributed by atoms with Gasteiger partial charge in [-0.3, -0.25) is 5.32 Å². The van der Waals surface area contributed by atoms with Crippen LogP contribution in [-0.2, 0) is 4.74 Å². The van der Waals surface area contributed by atoms with Crippen LogP contribution in [0.25, 0.3) is 0 Å². The molecule has 1 aromatic rings. The molecule has 0 radical (unpaired) electrons. The molecule has 1 saturated carbocycles. The van der Waals surface area contributed by atoms with Crippen LogP contribution in [0, 0.1) is 13.8 Å². The van der Waals surface area contributed by atoms with E-state index in [-0.39, 0.29) is 24.6 Å². The number of carbonyl (C=O) groups excluding carboxylic acids is 1. The minimum atomic E-state index is -0.314. The van der Waals surface area contributed by atoms with Gasteiger partial charge in [-0.2, -0.15) is 0 Å². The molecule has 1 aliphatic carbocycles. The van der Waals surface area contributed by atoms with Crippen molar-refractivity contribution in [2.24, 2.45) is 0 Å². The number of halogens is 1. The van der Waals surface area contributed by atoms with E-state index in [1.54, 1.807) is 0 Å². The Hall–Kier alpha value is -1.26. The number of para-hydroxylation sites is 1. The van der Waals surface area contributed by atoms with Crippen LogP contribution >= 0.6 is 0 Å². The minimum absolute atomic E-state index is 0. The van der Waals surface area contributed by atoms with Crippen LogP contribution in [0.2, 0.25) is 0 Å². The molecule has 24 heavy (non-hydrogen) atoms. The van der Waals surface area contributed by atoms with Crippen molar-refractivity contribution in [2.75, 3.05) is 18.4 Å². The highest BCUT2D eigenvalue weighted by Crippen LogP contribution is 2.22. The molecular formula is C19H31ClN2O2. The summed E-state index contributed by atoms with van der Waals surface area (Å²) in [7, 11) is 0. The molecule has 2 unspecified atom stereocenters. The van der Waals surface area contributed by atoms with Gasteiger partial charge in [0.05, 0.1) is 13.1 Å². The first-order valence-corrected chi connectivity index (χ1v) is 8.95. The van der Waals surface area contributed by atoms with Crippen LogP contribution in [-0.4, -0.2) is 31.3 Å². The molecule has 0 spiro atoms. The minimum Gasteiger partial charge on any atom is -1.00 e. The van der Waals surface area contributed by atoms with Crippen LogP contribution in [0.5, 0.6) is 0 Å². The van der Waals surface area contributed by atoms with Crippen molar-refractivity contribution in [3.8, 4) is 0 Å². The van der Waals surface area contributed by atoms with Crippen molar-refractivity contribution >= 4 is 11.8 Å². The number of amides is 1. The maximum Gasteiger partial charge on any atom is 0.412 e. The molecule has 1 aromatic carbocycles. The molecule has 2 N–H and O–H groups in total. The third kappa shape index (κ3) is 5.12. The van der Waals surface area contributed by atoms with Gasteiger partial charge in [-0.1, -0.05) is 18.2 Å². The Morgan fingerprint density at radius 1 is 1.17 bits per heavy atom. The van der Waals surface area contributed by atoms with Gasteiger partial charge < -0.3 is 22.0 Å². The van der Waals surface area contributed by atoms with E-state index in [4.69, 9.17) is 4.74 Å². The van der Waals surface area contributed by atoms with E-state index >= 15 is 0 Å². The molecule has 1 fully saturated rings. The van der Waals surface area contributed by atoms with Gasteiger partial charge in [0.15, 0.2) is 6.10 Å². The number of hydrogen-bond donors (Lipinski definition) is 2. The summed E-state index contributed by atoms with van der Waals surface area (Å²) in [6.07, 6.45) is 4.24. The SMILES string of the molecule is CC[NH+](CC)C1CCCCC1OC(=O)Nc1c(C)cccc1C.[Cl-]. The number of likely N-dealkylation sites (N-methyl/N-ethyl adjacent to an activating group) is 1. The highest BCUT2D eigenvalue weighted by atomic mass is 35.5. The molecule has 0 aromatic heterocycles. The second kappa shape index (κ2) is 9.90. The van der Waals surface area contributed by atoms with Crippen molar-refractivity contribution in [3.05, 3.63) is 29.3 Å². The van der Waals surface area contributed by atoms with Crippen LogP contribution in [0.1, 0.15) is 50.7 Å². The average Bonchev–Trinajstić information content (AvgIpc) is 2.54. The highest BCUT2D eigenvalue weighted by Gasteiger charge is 2.34. The second-order valence-electron chi connectivity index (χ2n) is 6.59. The third-order valence-electron chi connectivity index (χ3n) is 5.10. The summed E-state index contributed by atoms with van der Waals surface area (Å²) >= 11 is 0. The molecule has 5 heteroatoms. The van der Waals surface area contributed by atoms with E-state index in [0.29, 0.717) is 6.04 Å². The molecule has 0 bridgehead atoms. The zero-order valence-corrected chi connectivity index (χ0v) is 16.1. The lowest BCUT2D eigenvalue weighted by molar-refractivity contribution is -0.926. The first-order chi connectivity index (χ1) is 11.1. The zero-order valence-electron chi connectivity index (χ0n) is 15.3. The van der Waals surface area contributed by atoms with E-state index in [2.05, 4.69) is 19.2 Å². The van der Waals surface area contributed by atoms with E-state index in [1.165, 1.54) is 11.3 Å². The number of rotatable bonds is 5. The van der Waals surface area contributed by atoms with Gasteiger partial charge in [-0.25, -0.2) is 4.79 Å². The Morgan fingerprint density at radius 3 is 2.33 bits per heavy atom. The number of benzene rings is 1. The molecule has 136 valence electrons. The summed E-state index contributed by atoms with van der Waals surface area (Å²) in [4.78, 5) is 13.9. The van der Waals surface area contributed by atoms with E-state index in [1.807, 2.05) is 32.0 Å². The fourth-order valence-corrected chi connectivity index (χ4v) is 3.76. The lowest BCUT2D eigenvalue weighted by atomic mass is 9.91. The maximum absolute atomic E-state index is 12.4. The van der Waals surface area contributed by atoms with Crippen LogP contribution in [0.15, 0.2) is 18.2 Å². The van der Waals surface area contributed by atoms with E-state index < -0.39 is 0 Å². The fourth-order valence-electron chi connectivity index (χ4n) is 3.76. The summed E-state index contributed by atoms with van der Waals surface area (Å²) < 4.78 is 5.83. The first-order valence-electron chi connectivity index (χ1n) is 8.95. The number of anilines is 1. The zero-order chi connectivity index (χ0) is 16.8. The molecule has 0 saturated heterocycles. The lowest BCUT2D eigenvalue weighted by Gasteiger charge is -2.35. The molecule has 0 aliphatic heterocycles. The summed E-state index contributed by atoms with van der Waals surface area (Å²) in [6, 6.07) is 6.45. The van der Waals surface area contributed by atoms with Crippen molar-refractivity contribution in [1.29, 1.82) is 0 Å². The average molecular weight is 355 g/mol. The van der Waals surface area contributed by atoms with Gasteiger partial charge in [-0.15, -0.1) is 0 Å². The first kappa shape index (κ1) is 20.8. The topological polar surface area (TPSA) is 42.8 Å². The van der Waals surface area contributed by atoms with Crippen molar-refractivity contribution in [3.63, 3.8) is 0 Å². The normalized spacial score (nSPS) is 20.4. The summed E-state index contributed by atoms with van der Waals surface area (Å²) in [5.74, 6) is 0. The van der Waals surface area contributed by atoms with E-state index in [9.17, 15) is 4.79 Å². The molecule has 1 aliphatic rings. The molecule has 1 amide bonds. The Bertz CT molecular complexity index is 512. The third-order valence-corrected chi connectivity index (χ3v) is 5.10. The van der Waals surface area contributed by atoms with E-state index in [0.717, 1.165) is 49.2 Å². The van der Waals surface area contributed by atoms with Crippen LogP contribution in [0.4, 0.5) is 10.5 Å². The number of nitrogens with one attached hydrogen (secondary N) is 2. The highest BCUT2D eigenvalue weighted by molar-refractivity contribution is 5.86. The lowest BCUT2D eigenvalue weighted by Crippen LogP contribution is -3.16. The molecule has 2 rings (SSSR count). The van der Waals surface area contributed by atoms with Gasteiger partial charge in [-0.05, 0) is 58.1 Å². The number of hydrogen-bond acceptors (Lipinski definition) is 2. The maximum atomic E-state index is 12.4. The number of carbonyl (C=O) groups is 1. The van der Waals surface area contributed by atoms with Crippen molar-refractivity contribution in [1.82, 2.24) is 0 Å². The second-order valence-corrected chi connectivity index (χ2v) is 6.59. The largest absolute Gasteiger partial charge is 1.00 e. The summed E-state index contributed by atoms with van der Waals surface area (Å²) in [6.45, 7) is 10.6. The van der Waals surface area contributed by atoms with Crippen molar-refractivity contribution in [2.45, 2.75) is 65.5 Å². The molecule has 0 heterocycles. The summed E-state index contributed by atoms with van der Waals surface area (Å²) in [5.41, 5.74) is 3.01. The molecule has 2 atom stereocenters.